The van der Waals surface area contributed by atoms with Gasteiger partial charge >= 0.3 is 0 Å². The molecule has 0 fully saturated rings. The normalized spacial score (nSPS) is 13.7. The molecule has 0 unspecified atom stereocenters. The highest BCUT2D eigenvalue weighted by molar-refractivity contribution is 5.81. The zero-order valence-electron chi connectivity index (χ0n) is 19.6. The molecule has 1 atom stereocenters. The fourth-order valence-electron chi connectivity index (χ4n) is 4.89. The highest BCUT2D eigenvalue weighted by Crippen LogP contribution is 2.37. The molecule has 2 aromatic heterocycles. The molecule has 9 heteroatoms. The van der Waals surface area contributed by atoms with Gasteiger partial charge in [-0.1, -0.05) is 30.3 Å². The van der Waals surface area contributed by atoms with E-state index in [2.05, 4.69) is 37.5 Å². The number of nitrogens with one attached hydrogen (secondary N) is 1. The number of nitrogens with zero attached hydrogens (tertiary/aromatic N) is 5. The monoisotopic (exact) mass is 482 g/mol. The van der Waals surface area contributed by atoms with E-state index in [1.165, 1.54) is 17.7 Å². The van der Waals surface area contributed by atoms with E-state index in [9.17, 15) is 9.18 Å². The Labute approximate surface area is 206 Å². The van der Waals surface area contributed by atoms with Crippen molar-refractivity contribution in [3.8, 4) is 5.75 Å². The second-order valence-corrected chi connectivity index (χ2v) is 8.80. The van der Waals surface area contributed by atoms with Crippen LogP contribution in [-0.4, -0.2) is 38.8 Å². The number of halogens is 1. The van der Waals surface area contributed by atoms with Crippen LogP contribution in [0.2, 0.25) is 0 Å². The number of fused-ring (bicyclic) bond motifs is 2. The van der Waals surface area contributed by atoms with Crippen LogP contribution in [0, 0.1) is 5.82 Å². The summed E-state index contributed by atoms with van der Waals surface area (Å²) in [6, 6.07) is 21.4. The van der Waals surface area contributed by atoms with Gasteiger partial charge in [0.25, 0.3) is 5.56 Å². The molecule has 1 aliphatic heterocycles. The third-order valence-electron chi connectivity index (χ3n) is 6.66. The van der Waals surface area contributed by atoms with Gasteiger partial charge in [-0.05, 0) is 69.8 Å². The Kier molecular flexibility index (Phi) is 5.44. The van der Waals surface area contributed by atoms with Crippen molar-refractivity contribution >= 4 is 16.6 Å². The summed E-state index contributed by atoms with van der Waals surface area (Å²) in [5.74, 6) is 0.898. The first-order valence-electron chi connectivity index (χ1n) is 11.7. The minimum atomic E-state index is -0.528. The summed E-state index contributed by atoms with van der Waals surface area (Å²) in [6.45, 7) is 1.06. The molecule has 6 rings (SSSR count). The number of aromatic amines is 1. The van der Waals surface area contributed by atoms with Crippen molar-refractivity contribution in [2.75, 3.05) is 18.6 Å². The quantitative estimate of drug-likeness (QED) is 0.395. The van der Waals surface area contributed by atoms with Crippen molar-refractivity contribution in [2.45, 2.75) is 19.0 Å². The molecule has 36 heavy (non-hydrogen) atoms. The van der Waals surface area contributed by atoms with Gasteiger partial charge in [0.1, 0.15) is 17.6 Å². The van der Waals surface area contributed by atoms with Gasteiger partial charge in [0.2, 0.25) is 0 Å². The highest BCUT2D eigenvalue weighted by atomic mass is 19.1. The molecule has 8 nitrogen and oxygen atoms in total. The molecule has 0 saturated heterocycles. The molecule has 0 amide bonds. The number of tetrazole rings is 1. The lowest BCUT2D eigenvalue weighted by molar-refractivity contribution is 0.415. The van der Waals surface area contributed by atoms with Crippen molar-refractivity contribution in [3.05, 3.63) is 111 Å². The van der Waals surface area contributed by atoms with E-state index in [1.807, 2.05) is 30.3 Å². The van der Waals surface area contributed by atoms with Crippen LogP contribution >= 0.6 is 0 Å². The third-order valence-corrected chi connectivity index (χ3v) is 6.66. The lowest BCUT2D eigenvalue weighted by Gasteiger charge is -2.29. The van der Waals surface area contributed by atoms with Gasteiger partial charge in [-0.2, -0.15) is 0 Å². The summed E-state index contributed by atoms with van der Waals surface area (Å²) in [5.41, 5.74) is 4.12. The number of methoxy groups -OCH3 is 1. The van der Waals surface area contributed by atoms with Crippen LogP contribution in [0.4, 0.5) is 10.1 Å². The van der Waals surface area contributed by atoms with Crippen LogP contribution in [0.5, 0.6) is 5.75 Å². The lowest BCUT2D eigenvalue weighted by atomic mass is 10.0. The standard InChI is InChI=1S/C27H23FN6O2/c1-36-21-11-8-19-14-22(27(35)29-23(19)15-21)25(33-13-12-18-4-2-3-5-24(18)33)26-30-31-32-34(26)16-17-6-9-20(28)10-7-17/h2-11,14-15,25H,12-13,16H2,1H3,(H,29,35)/t25-/m1/s1. The van der Waals surface area contributed by atoms with Crippen LogP contribution in [0.25, 0.3) is 10.9 Å². The van der Waals surface area contributed by atoms with Gasteiger partial charge in [-0.3, -0.25) is 4.79 Å². The number of para-hydroxylation sites is 1. The van der Waals surface area contributed by atoms with Crippen molar-refractivity contribution in [2.24, 2.45) is 0 Å². The molecule has 0 bridgehead atoms. The van der Waals surface area contributed by atoms with E-state index in [0.29, 0.717) is 35.7 Å². The first kappa shape index (κ1) is 22.0. The number of pyridine rings is 1. The topological polar surface area (TPSA) is 88.9 Å². The number of hydrogen-bond donors (Lipinski definition) is 1. The second-order valence-electron chi connectivity index (χ2n) is 8.80. The number of benzene rings is 3. The Morgan fingerprint density at radius 1 is 1.08 bits per heavy atom. The SMILES string of the molecule is COc1ccc2cc([C@H](c3nnnn3Cc3ccc(F)cc3)N3CCc4ccccc43)c(=O)[nH]c2c1. The molecule has 0 radical (unpaired) electrons. The zero-order valence-corrected chi connectivity index (χ0v) is 19.6. The van der Waals surface area contributed by atoms with E-state index in [1.54, 1.807) is 30.0 Å². The minimum absolute atomic E-state index is 0.221. The van der Waals surface area contributed by atoms with Gasteiger partial charge in [-0.25, -0.2) is 9.07 Å². The second kappa shape index (κ2) is 8.92. The number of rotatable bonds is 6. The highest BCUT2D eigenvalue weighted by Gasteiger charge is 2.34. The van der Waals surface area contributed by atoms with Crippen molar-refractivity contribution < 1.29 is 9.13 Å². The number of hydrogen-bond acceptors (Lipinski definition) is 6. The van der Waals surface area contributed by atoms with Gasteiger partial charge in [-0.15, -0.1) is 5.10 Å². The van der Waals surface area contributed by atoms with E-state index in [0.717, 1.165) is 23.1 Å². The van der Waals surface area contributed by atoms with Crippen LogP contribution in [0.1, 0.15) is 28.6 Å². The Balaban J connectivity index is 1.50. The fraction of sp³-hybridized carbons (Fsp3) is 0.185. The van der Waals surface area contributed by atoms with Crippen LogP contribution < -0.4 is 15.2 Å². The maximum absolute atomic E-state index is 13.5. The molecule has 0 aliphatic carbocycles. The van der Waals surface area contributed by atoms with E-state index >= 15 is 0 Å². The molecule has 5 aromatic rings. The van der Waals surface area contributed by atoms with Crippen molar-refractivity contribution in [1.29, 1.82) is 0 Å². The first-order chi connectivity index (χ1) is 17.6. The molecule has 0 saturated carbocycles. The van der Waals surface area contributed by atoms with Gasteiger partial charge in [0.15, 0.2) is 5.82 Å². The Hall–Kier alpha value is -4.53. The predicted octanol–water partition coefficient (Wildman–Crippen LogP) is 3.86. The molecular formula is C27H23FN6O2. The lowest BCUT2D eigenvalue weighted by Crippen LogP contribution is -2.34. The van der Waals surface area contributed by atoms with Gasteiger partial charge < -0.3 is 14.6 Å². The average molecular weight is 483 g/mol. The minimum Gasteiger partial charge on any atom is -0.497 e. The summed E-state index contributed by atoms with van der Waals surface area (Å²) < 4.78 is 20.5. The molecule has 3 aromatic carbocycles. The molecule has 0 spiro atoms. The largest absolute Gasteiger partial charge is 0.497 e. The first-order valence-corrected chi connectivity index (χ1v) is 11.7. The van der Waals surface area contributed by atoms with Crippen molar-refractivity contribution in [3.63, 3.8) is 0 Å². The van der Waals surface area contributed by atoms with Crippen molar-refractivity contribution in [1.82, 2.24) is 25.2 Å². The molecule has 1 N–H and O–H groups in total. The zero-order chi connectivity index (χ0) is 24.6. The van der Waals surface area contributed by atoms with Crippen LogP contribution in [-0.2, 0) is 13.0 Å². The maximum Gasteiger partial charge on any atom is 0.254 e. The van der Waals surface area contributed by atoms with E-state index in [4.69, 9.17) is 4.74 Å². The summed E-state index contributed by atoms with van der Waals surface area (Å²) in [6.07, 6.45) is 0.856. The van der Waals surface area contributed by atoms with Crippen LogP contribution in [0.15, 0.2) is 77.6 Å². The smallest absolute Gasteiger partial charge is 0.254 e. The Bertz CT molecular complexity index is 1610. The third kappa shape index (κ3) is 3.88. The van der Waals surface area contributed by atoms with E-state index in [-0.39, 0.29) is 11.4 Å². The molecule has 3 heterocycles. The number of H-pyrrole nitrogens is 1. The Morgan fingerprint density at radius 3 is 2.75 bits per heavy atom. The molecular weight excluding hydrogens is 459 g/mol. The van der Waals surface area contributed by atoms with Crippen LogP contribution in [0.3, 0.4) is 0 Å². The maximum atomic E-state index is 13.5. The fourth-order valence-corrected chi connectivity index (χ4v) is 4.89. The van der Waals surface area contributed by atoms with Gasteiger partial charge in [0.05, 0.1) is 19.2 Å². The summed E-state index contributed by atoms with van der Waals surface area (Å²) in [4.78, 5) is 18.7. The molecule has 1 aliphatic rings. The predicted molar refractivity (Wildman–Crippen MR) is 134 cm³/mol. The molecule has 180 valence electrons. The number of aromatic nitrogens is 5. The Morgan fingerprint density at radius 2 is 1.92 bits per heavy atom. The summed E-state index contributed by atoms with van der Waals surface area (Å²) in [7, 11) is 1.59. The van der Waals surface area contributed by atoms with E-state index < -0.39 is 6.04 Å². The number of ether oxygens (including phenoxy) is 1. The summed E-state index contributed by atoms with van der Waals surface area (Å²) in [5, 5.41) is 13.4. The average Bonchev–Trinajstić information content (AvgIpc) is 3.53. The number of anilines is 1. The van der Waals surface area contributed by atoms with Gasteiger partial charge in [0, 0.05) is 23.9 Å². The summed E-state index contributed by atoms with van der Waals surface area (Å²) >= 11 is 0.